The van der Waals surface area contributed by atoms with E-state index in [9.17, 15) is 19.6 Å². The third-order valence-corrected chi connectivity index (χ3v) is 5.08. The molecule has 0 unspecified atom stereocenters. The Morgan fingerprint density at radius 3 is 2.31 bits per heavy atom. The standard InChI is InChI=1S/C24H32N4O4/c1-17(2)11-12-18(3)23(30)28(32)24(31)26-15-13-21(29)27-22(19-8-5-4-6-9-19)20-10-7-14-25-16-20/h4-10,14,16-18,22,32H,11-13,15H2,1-3H3,(H,26,31)(H,27,29)/t18-,22-/m0/s1. The summed E-state index contributed by atoms with van der Waals surface area (Å²) >= 11 is 0. The van der Waals surface area contributed by atoms with Gasteiger partial charge in [-0.1, -0.05) is 63.6 Å². The van der Waals surface area contributed by atoms with E-state index in [0.29, 0.717) is 12.3 Å². The normalized spacial score (nSPS) is 12.7. The maximum Gasteiger partial charge on any atom is 0.348 e. The molecule has 32 heavy (non-hydrogen) atoms. The lowest BCUT2D eigenvalue weighted by molar-refractivity contribution is -0.157. The Morgan fingerprint density at radius 1 is 1.00 bits per heavy atom. The lowest BCUT2D eigenvalue weighted by Gasteiger charge is -2.20. The summed E-state index contributed by atoms with van der Waals surface area (Å²) in [6.45, 7) is 5.74. The highest BCUT2D eigenvalue weighted by Gasteiger charge is 2.25. The number of urea groups is 1. The van der Waals surface area contributed by atoms with Gasteiger partial charge in [0.25, 0.3) is 5.91 Å². The number of benzene rings is 1. The Bertz CT molecular complexity index is 835. The van der Waals surface area contributed by atoms with Crippen molar-refractivity contribution in [3.05, 3.63) is 66.0 Å². The van der Waals surface area contributed by atoms with Crippen molar-refractivity contribution in [1.82, 2.24) is 20.7 Å². The number of amides is 4. The molecule has 0 aliphatic rings. The first-order valence-corrected chi connectivity index (χ1v) is 10.8. The van der Waals surface area contributed by atoms with E-state index in [2.05, 4.69) is 15.6 Å². The highest BCUT2D eigenvalue weighted by Crippen LogP contribution is 2.21. The quantitative estimate of drug-likeness (QED) is 0.385. The maximum absolute atomic E-state index is 12.5. The Hall–Kier alpha value is -3.26. The fourth-order valence-corrected chi connectivity index (χ4v) is 3.16. The summed E-state index contributed by atoms with van der Waals surface area (Å²) in [7, 11) is 0. The molecule has 2 atom stereocenters. The van der Waals surface area contributed by atoms with Gasteiger partial charge in [0.1, 0.15) is 0 Å². The number of pyridine rings is 1. The van der Waals surface area contributed by atoms with Gasteiger partial charge in [-0.3, -0.25) is 19.8 Å². The first-order chi connectivity index (χ1) is 15.3. The Kier molecular flexibility index (Phi) is 9.81. The van der Waals surface area contributed by atoms with Crippen molar-refractivity contribution in [2.24, 2.45) is 11.8 Å². The third-order valence-electron chi connectivity index (χ3n) is 5.08. The minimum Gasteiger partial charge on any atom is -0.345 e. The molecule has 0 aliphatic carbocycles. The summed E-state index contributed by atoms with van der Waals surface area (Å²) in [6.07, 6.45) is 4.74. The number of imide groups is 1. The number of hydrogen-bond acceptors (Lipinski definition) is 5. The number of carbonyl (C=O) groups excluding carboxylic acids is 3. The molecule has 0 radical (unpaired) electrons. The summed E-state index contributed by atoms with van der Waals surface area (Å²) in [5.74, 6) is -0.990. The van der Waals surface area contributed by atoms with E-state index in [-0.39, 0.29) is 30.0 Å². The molecule has 0 spiro atoms. The molecule has 172 valence electrons. The van der Waals surface area contributed by atoms with Gasteiger partial charge in [0, 0.05) is 31.3 Å². The lowest BCUT2D eigenvalue weighted by atomic mass is 9.99. The van der Waals surface area contributed by atoms with Crippen molar-refractivity contribution in [3.8, 4) is 0 Å². The summed E-state index contributed by atoms with van der Waals surface area (Å²) < 4.78 is 0. The molecule has 0 fully saturated rings. The van der Waals surface area contributed by atoms with Crippen LogP contribution in [0.25, 0.3) is 0 Å². The number of rotatable bonds is 10. The number of hydrogen-bond donors (Lipinski definition) is 3. The second-order valence-corrected chi connectivity index (χ2v) is 8.20. The van der Waals surface area contributed by atoms with Crippen LogP contribution in [0.5, 0.6) is 0 Å². The summed E-state index contributed by atoms with van der Waals surface area (Å²) in [5.41, 5.74) is 1.74. The number of aromatic nitrogens is 1. The zero-order chi connectivity index (χ0) is 23.5. The molecular formula is C24H32N4O4. The summed E-state index contributed by atoms with van der Waals surface area (Å²) in [6, 6.07) is 11.9. The van der Waals surface area contributed by atoms with Crippen molar-refractivity contribution in [2.45, 2.75) is 46.1 Å². The second-order valence-electron chi connectivity index (χ2n) is 8.20. The van der Waals surface area contributed by atoms with Crippen molar-refractivity contribution < 1.29 is 19.6 Å². The van der Waals surface area contributed by atoms with Gasteiger partial charge < -0.3 is 10.6 Å². The Balaban J connectivity index is 1.87. The minimum atomic E-state index is -0.939. The third kappa shape index (κ3) is 7.77. The topological polar surface area (TPSA) is 112 Å². The number of nitrogens with zero attached hydrogens (tertiary/aromatic N) is 2. The fraction of sp³-hybridized carbons (Fsp3) is 0.417. The van der Waals surface area contributed by atoms with Crippen LogP contribution in [0.1, 0.15) is 57.2 Å². The van der Waals surface area contributed by atoms with Crippen LogP contribution in [-0.4, -0.2) is 39.6 Å². The van der Waals surface area contributed by atoms with E-state index >= 15 is 0 Å². The molecule has 0 aliphatic heterocycles. The first kappa shape index (κ1) is 25.0. The predicted octanol–water partition coefficient (Wildman–Crippen LogP) is 3.68. The largest absolute Gasteiger partial charge is 0.348 e. The highest BCUT2D eigenvalue weighted by molar-refractivity contribution is 5.94. The predicted molar refractivity (Wildman–Crippen MR) is 121 cm³/mol. The van der Waals surface area contributed by atoms with Gasteiger partial charge in [-0.25, -0.2) is 4.79 Å². The minimum absolute atomic E-state index is 0.0136. The molecule has 0 bridgehead atoms. The van der Waals surface area contributed by atoms with Crippen LogP contribution in [0, 0.1) is 11.8 Å². The molecule has 2 rings (SSSR count). The summed E-state index contributed by atoms with van der Waals surface area (Å²) in [5, 5.41) is 15.4. The molecule has 1 heterocycles. The van der Waals surface area contributed by atoms with Crippen molar-refractivity contribution in [1.29, 1.82) is 0 Å². The van der Waals surface area contributed by atoms with Crippen LogP contribution < -0.4 is 10.6 Å². The SMILES string of the molecule is CC(C)CC[C@H](C)C(=O)N(O)C(=O)NCCC(=O)N[C@@H](c1ccccc1)c1cccnc1. The van der Waals surface area contributed by atoms with Gasteiger partial charge in [-0.05, 0) is 29.5 Å². The molecule has 0 saturated carbocycles. The molecule has 4 amide bonds. The van der Waals surface area contributed by atoms with Gasteiger partial charge >= 0.3 is 6.03 Å². The number of carbonyl (C=O) groups is 3. The molecule has 1 aromatic heterocycles. The number of hydroxylamine groups is 2. The van der Waals surface area contributed by atoms with Gasteiger partial charge in [-0.2, -0.15) is 0 Å². The fourth-order valence-electron chi connectivity index (χ4n) is 3.16. The van der Waals surface area contributed by atoms with Crippen molar-refractivity contribution in [2.75, 3.05) is 6.54 Å². The molecule has 8 heteroatoms. The Morgan fingerprint density at radius 2 is 1.69 bits per heavy atom. The van der Waals surface area contributed by atoms with E-state index in [4.69, 9.17) is 0 Å². The Labute approximate surface area is 189 Å². The molecule has 3 N–H and O–H groups in total. The van der Waals surface area contributed by atoms with Gasteiger partial charge in [0.15, 0.2) is 0 Å². The zero-order valence-corrected chi connectivity index (χ0v) is 18.8. The average Bonchev–Trinajstić information content (AvgIpc) is 2.81. The smallest absolute Gasteiger partial charge is 0.345 e. The summed E-state index contributed by atoms with van der Waals surface area (Å²) in [4.78, 5) is 40.9. The van der Waals surface area contributed by atoms with Crippen LogP contribution in [0.15, 0.2) is 54.9 Å². The van der Waals surface area contributed by atoms with Crippen molar-refractivity contribution >= 4 is 17.8 Å². The average molecular weight is 441 g/mol. The van der Waals surface area contributed by atoms with E-state index in [1.807, 2.05) is 50.2 Å². The van der Waals surface area contributed by atoms with Crippen LogP contribution >= 0.6 is 0 Å². The van der Waals surface area contributed by atoms with Gasteiger partial charge in [0.05, 0.1) is 6.04 Å². The molecule has 1 aromatic carbocycles. The first-order valence-electron chi connectivity index (χ1n) is 10.8. The lowest BCUT2D eigenvalue weighted by Crippen LogP contribution is -2.44. The van der Waals surface area contributed by atoms with E-state index < -0.39 is 17.9 Å². The monoisotopic (exact) mass is 440 g/mol. The molecule has 8 nitrogen and oxygen atoms in total. The van der Waals surface area contributed by atoms with Crippen LogP contribution in [0.3, 0.4) is 0 Å². The van der Waals surface area contributed by atoms with E-state index in [0.717, 1.165) is 17.5 Å². The second kappa shape index (κ2) is 12.6. The molecule has 2 aromatic rings. The highest BCUT2D eigenvalue weighted by atomic mass is 16.5. The van der Waals surface area contributed by atoms with Crippen LogP contribution in [-0.2, 0) is 9.59 Å². The van der Waals surface area contributed by atoms with Crippen LogP contribution in [0.2, 0.25) is 0 Å². The molecular weight excluding hydrogens is 408 g/mol. The number of nitrogens with one attached hydrogen (secondary N) is 2. The van der Waals surface area contributed by atoms with Gasteiger partial charge in [-0.15, -0.1) is 5.06 Å². The van der Waals surface area contributed by atoms with E-state index in [1.54, 1.807) is 25.4 Å². The molecule has 0 saturated heterocycles. The zero-order valence-electron chi connectivity index (χ0n) is 18.8. The van der Waals surface area contributed by atoms with Crippen molar-refractivity contribution in [3.63, 3.8) is 0 Å². The van der Waals surface area contributed by atoms with Gasteiger partial charge in [0.2, 0.25) is 5.91 Å². The maximum atomic E-state index is 12.5. The van der Waals surface area contributed by atoms with E-state index in [1.165, 1.54) is 0 Å². The van der Waals surface area contributed by atoms with Crippen LogP contribution in [0.4, 0.5) is 4.79 Å².